The summed E-state index contributed by atoms with van der Waals surface area (Å²) >= 11 is 0. The maximum atomic E-state index is 10.4. The van der Waals surface area contributed by atoms with Crippen LogP contribution in [0.15, 0.2) is 0 Å². The second-order valence-electron chi connectivity index (χ2n) is 2.14. The number of aldehydes is 1. The first kappa shape index (κ1) is 9.81. The maximum absolute atomic E-state index is 10.4. The van der Waals surface area contributed by atoms with Gasteiger partial charge < -0.3 is 9.90 Å². The SMILES string of the molecule is O=CCCCCC(=O)C(=O)O. The number of carboxylic acids is 1. The van der Waals surface area contributed by atoms with Gasteiger partial charge in [-0.3, -0.25) is 4.79 Å². The first-order chi connectivity index (χ1) is 5.18. The van der Waals surface area contributed by atoms with Crippen LogP contribution in [0.2, 0.25) is 0 Å². The Morgan fingerprint density at radius 3 is 2.36 bits per heavy atom. The van der Waals surface area contributed by atoms with Crippen molar-refractivity contribution in [3.63, 3.8) is 0 Å². The highest BCUT2D eigenvalue weighted by Crippen LogP contribution is 1.98. The molecule has 0 spiro atoms. The van der Waals surface area contributed by atoms with Crippen LogP contribution in [0, 0.1) is 0 Å². The molecule has 0 aliphatic heterocycles. The van der Waals surface area contributed by atoms with Crippen molar-refractivity contribution in [2.45, 2.75) is 25.7 Å². The quantitative estimate of drug-likeness (QED) is 0.345. The lowest BCUT2D eigenvalue weighted by atomic mass is 10.1. The second-order valence-corrected chi connectivity index (χ2v) is 2.14. The van der Waals surface area contributed by atoms with Crippen molar-refractivity contribution in [3.8, 4) is 0 Å². The molecule has 0 radical (unpaired) electrons. The minimum atomic E-state index is -1.39. The Morgan fingerprint density at radius 2 is 1.91 bits per heavy atom. The van der Waals surface area contributed by atoms with Crippen LogP contribution in [-0.4, -0.2) is 23.1 Å². The highest BCUT2D eigenvalue weighted by atomic mass is 16.4. The van der Waals surface area contributed by atoms with Crippen LogP contribution < -0.4 is 0 Å². The van der Waals surface area contributed by atoms with Crippen LogP contribution in [0.1, 0.15) is 25.7 Å². The van der Waals surface area contributed by atoms with Gasteiger partial charge in [-0.1, -0.05) is 0 Å². The molecule has 0 aliphatic rings. The Balaban J connectivity index is 3.31. The molecule has 4 nitrogen and oxygen atoms in total. The average molecular weight is 158 g/mol. The normalized spacial score (nSPS) is 9.09. The summed E-state index contributed by atoms with van der Waals surface area (Å²) in [5.74, 6) is -2.17. The van der Waals surface area contributed by atoms with Crippen LogP contribution in [0.4, 0.5) is 0 Å². The Labute approximate surface area is 64.2 Å². The number of carbonyl (C=O) groups is 3. The molecule has 0 amide bonds. The summed E-state index contributed by atoms with van der Waals surface area (Å²) in [4.78, 5) is 30.1. The lowest BCUT2D eigenvalue weighted by Gasteiger charge is -1.92. The number of carboxylic acid groups (broad SMARTS) is 1. The first-order valence-corrected chi connectivity index (χ1v) is 3.38. The number of hydrogen-bond donors (Lipinski definition) is 1. The molecule has 0 rings (SSSR count). The fraction of sp³-hybridized carbons (Fsp3) is 0.571. The zero-order valence-corrected chi connectivity index (χ0v) is 6.08. The van der Waals surface area contributed by atoms with Gasteiger partial charge in [0, 0.05) is 12.8 Å². The van der Waals surface area contributed by atoms with E-state index in [-0.39, 0.29) is 6.42 Å². The van der Waals surface area contributed by atoms with Crippen molar-refractivity contribution in [2.24, 2.45) is 0 Å². The Morgan fingerprint density at radius 1 is 1.27 bits per heavy atom. The van der Waals surface area contributed by atoms with Gasteiger partial charge >= 0.3 is 5.97 Å². The molecular formula is C7H10O4. The molecule has 1 N–H and O–H groups in total. The summed E-state index contributed by atoms with van der Waals surface area (Å²) in [5.41, 5.74) is 0. The molecule has 11 heavy (non-hydrogen) atoms. The molecule has 0 unspecified atom stereocenters. The van der Waals surface area contributed by atoms with E-state index in [1.807, 2.05) is 0 Å². The summed E-state index contributed by atoms with van der Waals surface area (Å²) in [7, 11) is 0. The lowest BCUT2D eigenvalue weighted by Crippen LogP contribution is -2.11. The Hall–Kier alpha value is -1.19. The topological polar surface area (TPSA) is 71.4 Å². The van der Waals surface area contributed by atoms with E-state index < -0.39 is 11.8 Å². The summed E-state index contributed by atoms with van der Waals surface area (Å²) in [5, 5.41) is 8.12. The van der Waals surface area contributed by atoms with Crippen molar-refractivity contribution in [1.82, 2.24) is 0 Å². The van der Waals surface area contributed by atoms with Gasteiger partial charge in [0.15, 0.2) is 0 Å². The van der Waals surface area contributed by atoms with Crippen LogP contribution in [-0.2, 0) is 14.4 Å². The smallest absolute Gasteiger partial charge is 0.372 e. The summed E-state index contributed by atoms with van der Waals surface area (Å²) < 4.78 is 0. The fourth-order valence-corrected chi connectivity index (χ4v) is 0.620. The largest absolute Gasteiger partial charge is 0.476 e. The van der Waals surface area contributed by atoms with Gasteiger partial charge in [0.05, 0.1) is 0 Å². The second kappa shape index (κ2) is 5.58. The monoisotopic (exact) mass is 158 g/mol. The molecule has 62 valence electrons. The molecule has 0 aromatic rings. The third-order valence-corrected chi connectivity index (χ3v) is 1.21. The number of rotatable bonds is 6. The zero-order chi connectivity index (χ0) is 8.69. The zero-order valence-electron chi connectivity index (χ0n) is 6.08. The first-order valence-electron chi connectivity index (χ1n) is 3.38. The summed E-state index contributed by atoms with van der Waals surface area (Å²) in [6, 6.07) is 0. The van der Waals surface area contributed by atoms with Gasteiger partial charge in [-0.25, -0.2) is 4.79 Å². The Bertz CT molecular complexity index is 162. The van der Waals surface area contributed by atoms with Crippen molar-refractivity contribution in [1.29, 1.82) is 0 Å². The molecule has 0 saturated heterocycles. The highest BCUT2D eigenvalue weighted by Gasteiger charge is 2.09. The van der Waals surface area contributed by atoms with E-state index in [1.54, 1.807) is 0 Å². The van der Waals surface area contributed by atoms with E-state index in [2.05, 4.69) is 0 Å². The minimum Gasteiger partial charge on any atom is -0.476 e. The van der Waals surface area contributed by atoms with Gasteiger partial charge in [0.2, 0.25) is 5.78 Å². The van der Waals surface area contributed by atoms with Crippen LogP contribution >= 0.6 is 0 Å². The maximum Gasteiger partial charge on any atom is 0.372 e. The predicted octanol–water partition coefficient (Wildman–Crippen LogP) is 0.399. The van der Waals surface area contributed by atoms with Crippen molar-refractivity contribution in [2.75, 3.05) is 0 Å². The molecular weight excluding hydrogens is 148 g/mol. The van der Waals surface area contributed by atoms with E-state index in [4.69, 9.17) is 5.11 Å². The van der Waals surface area contributed by atoms with Gasteiger partial charge in [0.25, 0.3) is 0 Å². The van der Waals surface area contributed by atoms with Crippen LogP contribution in [0.3, 0.4) is 0 Å². The molecule has 0 aromatic carbocycles. The molecule has 0 atom stereocenters. The van der Waals surface area contributed by atoms with E-state index in [1.165, 1.54) is 0 Å². The number of Topliss-reactive ketones (excluding diaryl/α,β-unsaturated/α-hetero) is 1. The molecule has 0 bridgehead atoms. The molecule has 0 fully saturated rings. The van der Waals surface area contributed by atoms with E-state index in [9.17, 15) is 14.4 Å². The summed E-state index contributed by atoms with van der Waals surface area (Å²) in [6.07, 6.45) is 2.24. The van der Waals surface area contributed by atoms with Crippen LogP contribution in [0.5, 0.6) is 0 Å². The molecule has 4 heteroatoms. The highest BCUT2D eigenvalue weighted by molar-refractivity contribution is 6.32. The molecule has 0 saturated carbocycles. The lowest BCUT2D eigenvalue weighted by molar-refractivity contribution is -0.149. The van der Waals surface area contributed by atoms with E-state index >= 15 is 0 Å². The molecule has 0 aliphatic carbocycles. The van der Waals surface area contributed by atoms with E-state index in [0.29, 0.717) is 19.3 Å². The molecule has 0 aromatic heterocycles. The average Bonchev–Trinajstić information content (AvgIpc) is 1.97. The standard InChI is InChI=1S/C7H10O4/c8-5-3-1-2-4-6(9)7(10)11/h5H,1-4H2,(H,10,11). The third-order valence-electron chi connectivity index (χ3n) is 1.21. The number of ketones is 1. The predicted molar refractivity (Wildman–Crippen MR) is 37.2 cm³/mol. The van der Waals surface area contributed by atoms with Gasteiger partial charge in [-0.05, 0) is 12.8 Å². The van der Waals surface area contributed by atoms with Crippen molar-refractivity contribution < 1.29 is 19.5 Å². The number of aliphatic carboxylic acids is 1. The number of hydrogen-bond acceptors (Lipinski definition) is 3. The Kier molecular flexibility index (Phi) is 4.98. The van der Waals surface area contributed by atoms with Gasteiger partial charge in [0.1, 0.15) is 6.29 Å². The van der Waals surface area contributed by atoms with Crippen LogP contribution in [0.25, 0.3) is 0 Å². The van der Waals surface area contributed by atoms with Gasteiger partial charge in [-0.2, -0.15) is 0 Å². The van der Waals surface area contributed by atoms with Crippen molar-refractivity contribution in [3.05, 3.63) is 0 Å². The van der Waals surface area contributed by atoms with Gasteiger partial charge in [-0.15, -0.1) is 0 Å². The number of unbranched alkanes of at least 4 members (excludes halogenated alkanes) is 2. The fourth-order valence-electron chi connectivity index (χ4n) is 0.620. The van der Waals surface area contributed by atoms with Crippen molar-refractivity contribution >= 4 is 18.0 Å². The van der Waals surface area contributed by atoms with E-state index in [0.717, 1.165) is 6.29 Å². The number of carbonyl (C=O) groups excluding carboxylic acids is 2. The molecule has 0 heterocycles. The summed E-state index contributed by atoms with van der Waals surface area (Å²) in [6.45, 7) is 0. The minimum absolute atomic E-state index is 0.0309. The third kappa shape index (κ3) is 5.26.